The molecule has 1 aromatic heterocycles. The van der Waals surface area contributed by atoms with Gasteiger partial charge in [-0.15, -0.1) is 0 Å². The lowest BCUT2D eigenvalue weighted by molar-refractivity contribution is -0.140. The third-order valence-electron chi connectivity index (χ3n) is 6.12. The molecule has 0 fully saturated rings. The van der Waals surface area contributed by atoms with Crippen molar-refractivity contribution >= 4 is 5.90 Å². The number of aliphatic imine (C=N–C) groups is 1. The Balaban J connectivity index is 2.09. The average molecular weight is 563 g/mol. The largest absolute Gasteiger partial charge is 0.506 e. The standard InChI is InChI=1S/C29H30F4N2O5/c1-6-7-9-20-23(24-21(38-4)10-8-11-22(24)39-5)26(36)25(27(37)35-20)28(34-3)40-16(2)14-17-12-13-19(30)18(15-17)29(31,32)33/h8,10-13,15H,2,6-7,9,14H2,1,3-5H3,(H2,35,36,37). The maximum absolute atomic E-state index is 13.7. The number of allylic oxidation sites excluding steroid dienone is 1. The number of nitrogens with one attached hydrogen (secondary N) is 1. The molecule has 0 amide bonds. The number of unbranched alkanes of at least 4 members (excludes halogenated alkanes) is 1. The van der Waals surface area contributed by atoms with Gasteiger partial charge in [-0.2, -0.15) is 13.2 Å². The number of ether oxygens (including phenoxy) is 3. The molecular formula is C29H30F4N2O5. The summed E-state index contributed by atoms with van der Waals surface area (Å²) in [5.41, 5.74) is -1.28. The number of methoxy groups -OCH3 is 2. The molecule has 40 heavy (non-hydrogen) atoms. The van der Waals surface area contributed by atoms with Crippen molar-refractivity contribution in [1.82, 2.24) is 4.98 Å². The van der Waals surface area contributed by atoms with Crippen LogP contribution in [0.4, 0.5) is 17.6 Å². The Morgan fingerprint density at radius 1 is 1.10 bits per heavy atom. The Hall–Kier alpha value is -4.28. The number of halogens is 4. The van der Waals surface area contributed by atoms with Crippen LogP contribution in [0, 0.1) is 5.82 Å². The first kappa shape index (κ1) is 30.3. The van der Waals surface area contributed by atoms with Gasteiger partial charge in [-0.1, -0.05) is 32.1 Å². The summed E-state index contributed by atoms with van der Waals surface area (Å²) in [6.45, 7) is 5.70. The van der Waals surface area contributed by atoms with Crippen LogP contribution in [0.2, 0.25) is 0 Å². The van der Waals surface area contributed by atoms with Gasteiger partial charge in [-0.05, 0) is 42.7 Å². The monoisotopic (exact) mass is 562 g/mol. The van der Waals surface area contributed by atoms with E-state index in [1.165, 1.54) is 27.3 Å². The molecule has 7 nitrogen and oxygen atoms in total. The fourth-order valence-corrected chi connectivity index (χ4v) is 4.25. The summed E-state index contributed by atoms with van der Waals surface area (Å²) in [6, 6.07) is 7.60. The minimum Gasteiger partial charge on any atom is -0.506 e. The second-order valence-corrected chi connectivity index (χ2v) is 8.83. The van der Waals surface area contributed by atoms with Gasteiger partial charge in [0, 0.05) is 19.2 Å². The van der Waals surface area contributed by atoms with Gasteiger partial charge in [-0.3, -0.25) is 9.79 Å². The van der Waals surface area contributed by atoms with Gasteiger partial charge < -0.3 is 24.3 Å². The molecule has 0 saturated heterocycles. The zero-order valence-corrected chi connectivity index (χ0v) is 22.5. The fraction of sp³-hybridized carbons (Fsp3) is 0.310. The molecule has 2 aromatic carbocycles. The molecule has 0 unspecified atom stereocenters. The van der Waals surface area contributed by atoms with Crippen LogP contribution in [0.15, 0.2) is 58.5 Å². The Morgan fingerprint density at radius 2 is 1.75 bits per heavy atom. The molecule has 0 bridgehead atoms. The molecule has 2 N–H and O–H groups in total. The average Bonchev–Trinajstić information content (AvgIpc) is 2.91. The van der Waals surface area contributed by atoms with Gasteiger partial charge in [0.05, 0.1) is 30.9 Å². The molecule has 1 heterocycles. The van der Waals surface area contributed by atoms with E-state index in [0.717, 1.165) is 6.42 Å². The number of nitrogens with zero attached hydrogens (tertiary/aromatic N) is 1. The summed E-state index contributed by atoms with van der Waals surface area (Å²) in [5, 5.41) is 11.5. The fourth-order valence-electron chi connectivity index (χ4n) is 4.25. The number of hydrogen-bond donors (Lipinski definition) is 2. The number of H-pyrrole nitrogens is 1. The van der Waals surface area contributed by atoms with Crippen LogP contribution >= 0.6 is 0 Å². The van der Waals surface area contributed by atoms with Crippen molar-refractivity contribution in [2.75, 3.05) is 21.3 Å². The third kappa shape index (κ3) is 6.47. The molecular weight excluding hydrogens is 532 g/mol. The van der Waals surface area contributed by atoms with E-state index in [2.05, 4.69) is 16.6 Å². The number of rotatable bonds is 10. The van der Waals surface area contributed by atoms with Crippen LogP contribution in [-0.2, 0) is 23.8 Å². The van der Waals surface area contributed by atoms with Crippen LogP contribution in [0.3, 0.4) is 0 Å². The molecule has 0 saturated carbocycles. The summed E-state index contributed by atoms with van der Waals surface area (Å²) < 4.78 is 69.8. The molecule has 0 aliphatic rings. The number of pyridine rings is 1. The summed E-state index contributed by atoms with van der Waals surface area (Å²) in [6.07, 6.45) is -3.18. The molecule has 0 aliphatic carbocycles. The normalized spacial score (nSPS) is 11.8. The summed E-state index contributed by atoms with van der Waals surface area (Å²) in [5.74, 6) is -1.51. The van der Waals surface area contributed by atoms with E-state index in [-0.39, 0.29) is 34.8 Å². The lowest BCUT2D eigenvalue weighted by Gasteiger charge is -2.20. The first-order valence-electron chi connectivity index (χ1n) is 12.3. The van der Waals surface area contributed by atoms with Crippen molar-refractivity contribution in [3.8, 4) is 28.4 Å². The predicted molar refractivity (Wildman–Crippen MR) is 144 cm³/mol. The quantitative estimate of drug-likeness (QED) is 0.129. The number of aryl methyl sites for hydroxylation is 1. The minimum atomic E-state index is -4.88. The second-order valence-electron chi connectivity index (χ2n) is 8.83. The number of hydrogen-bond acceptors (Lipinski definition) is 6. The van der Waals surface area contributed by atoms with Crippen molar-refractivity contribution in [2.24, 2.45) is 4.99 Å². The van der Waals surface area contributed by atoms with Gasteiger partial charge in [0.25, 0.3) is 5.56 Å². The second kappa shape index (κ2) is 12.7. The van der Waals surface area contributed by atoms with Gasteiger partial charge in [-0.25, -0.2) is 4.39 Å². The summed E-state index contributed by atoms with van der Waals surface area (Å²) >= 11 is 0. The molecule has 11 heteroatoms. The Morgan fingerprint density at radius 3 is 2.30 bits per heavy atom. The Labute approximate surface area is 228 Å². The summed E-state index contributed by atoms with van der Waals surface area (Å²) in [7, 11) is 4.23. The number of alkyl halides is 3. The van der Waals surface area contributed by atoms with E-state index >= 15 is 0 Å². The molecule has 0 spiro atoms. The Bertz CT molecular complexity index is 1460. The van der Waals surface area contributed by atoms with E-state index in [9.17, 15) is 27.5 Å². The third-order valence-corrected chi connectivity index (χ3v) is 6.12. The van der Waals surface area contributed by atoms with Crippen LogP contribution in [0.1, 0.15) is 42.1 Å². The highest BCUT2D eigenvalue weighted by Crippen LogP contribution is 2.45. The maximum Gasteiger partial charge on any atom is 0.419 e. The zero-order valence-electron chi connectivity index (χ0n) is 22.5. The van der Waals surface area contributed by atoms with Gasteiger partial charge in [0.1, 0.15) is 34.4 Å². The first-order valence-corrected chi connectivity index (χ1v) is 12.3. The van der Waals surface area contributed by atoms with Crippen molar-refractivity contribution < 1.29 is 36.9 Å². The van der Waals surface area contributed by atoms with Gasteiger partial charge >= 0.3 is 6.18 Å². The van der Waals surface area contributed by atoms with E-state index in [1.54, 1.807) is 18.2 Å². The van der Waals surface area contributed by atoms with E-state index in [4.69, 9.17) is 14.2 Å². The maximum atomic E-state index is 13.7. The molecule has 0 atom stereocenters. The van der Waals surface area contributed by atoms with Crippen molar-refractivity contribution in [3.05, 3.63) is 87.3 Å². The molecule has 0 radical (unpaired) electrons. The zero-order chi connectivity index (χ0) is 29.6. The van der Waals surface area contributed by atoms with Crippen molar-refractivity contribution in [2.45, 2.75) is 38.8 Å². The predicted octanol–water partition coefficient (Wildman–Crippen LogP) is 6.41. The van der Waals surface area contributed by atoms with Gasteiger partial charge in [0.15, 0.2) is 0 Å². The molecule has 0 aliphatic heterocycles. The van der Waals surface area contributed by atoms with E-state index in [1.807, 2.05) is 6.92 Å². The van der Waals surface area contributed by atoms with Crippen molar-refractivity contribution in [1.29, 1.82) is 0 Å². The lowest BCUT2D eigenvalue weighted by Crippen LogP contribution is -2.23. The molecule has 3 rings (SSSR count). The van der Waals surface area contributed by atoms with Crippen LogP contribution < -0.4 is 15.0 Å². The highest BCUT2D eigenvalue weighted by Gasteiger charge is 2.34. The van der Waals surface area contributed by atoms with Crippen LogP contribution in [0.5, 0.6) is 17.2 Å². The smallest absolute Gasteiger partial charge is 0.419 e. The lowest BCUT2D eigenvalue weighted by atomic mass is 9.95. The van der Waals surface area contributed by atoms with Crippen LogP contribution in [0.25, 0.3) is 11.1 Å². The van der Waals surface area contributed by atoms with Crippen molar-refractivity contribution in [3.63, 3.8) is 0 Å². The highest BCUT2D eigenvalue weighted by atomic mass is 19.4. The minimum absolute atomic E-state index is 0.0710. The van der Waals surface area contributed by atoms with Gasteiger partial charge in [0.2, 0.25) is 5.90 Å². The van der Waals surface area contributed by atoms with E-state index < -0.39 is 28.9 Å². The highest BCUT2D eigenvalue weighted by molar-refractivity contribution is 6.00. The topological polar surface area (TPSA) is 93.1 Å². The van der Waals surface area contributed by atoms with Crippen LogP contribution in [-0.4, -0.2) is 37.3 Å². The first-order chi connectivity index (χ1) is 19.0. The number of aromatic hydroxyl groups is 1. The van der Waals surface area contributed by atoms with E-state index in [0.29, 0.717) is 47.7 Å². The number of aromatic amines is 1. The molecule has 214 valence electrons. The number of aromatic nitrogens is 1. The molecule has 3 aromatic rings. The Kier molecular flexibility index (Phi) is 9.62. The summed E-state index contributed by atoms with van der Waals surface area (Å²) in [4.78, 5) is 20.0. The SMILES string of the molecule is C=C(Cc1ccc(F)c(C(F)(F)F)c1)OC(=NC)c1c(O)c(-c2c(OC)cccc2OC)c(CCCC)[nH]c1=O. The number of benzene rings is 2.